The molecule has 0 atom stereocenters. The Hall–Kier alpha value is -2.92. The number of sulfonamides is 1. The van der Waals surface area contributed by atoms with Crippen molar-refractivity contribution in [3.05, 3.63) is 87.5 Å². The summed E-state index contributed by atoms with van der Waals surface area (Å²) in [7, 11) is -2.60. The number of hydrogen-bond acceptors (Lipinski definition) is 5. The highest BCUT2D eigenvalue weighted by Gasteiger charge is 2.29. The maximum Gasteiger partial charge on any atom is 0.264 e. The molecule has 0 bridgehead atoms. The molecular weight excluding hydrogens is 553 g/mol. The van der Waals surface area contributed by atoms with Gasteiger partial charge in [0.25, 0.3) is 15.9 Å². The maximum atomic E-state index is 13.5. The molecule has 0 aliphatic rings. The molecule has 0 aliphatic heterocycles. The van der Waals surface area contributed by atoms with Gasteiger partial charge >= 0.3 is 0 Å². The number of carbonyl (C=O) groups is 1. The number of anilines is 1. The number of amides is 1. The van der Waals surface area contributed by atoms with Gasteiger partial charge in [-0.1, -0.05) is 42.0 Å². The highest BCUT2D eigenvalue weighted by molar-refractivity contribution is 14.1. The van der Waals surface area contributed by atoms with E-state index in [4.69, 9.17) is 4.74 Å². The van der Waals surface area contributed by atoms with E-state index in [0.29, 0.717) is 11.5 Å². The van der Waals surface area contributed by atoms with Crippen molar-refractivity contribution in [2.45, 2.75) is 18.7 Å². The van der Waals surface area contributed by atoms with E-state index in [-0.39, 0.29) is 10.6 Å². The predicted octanol–water partition coefficient (Wildman–Crippen LogP) is 4.34. The number of ether oxygens (including phenoxy) is 1. The number of nitrogens with one attached hydrogen (secondary N) is 1. The van der Waals surface area contributed by atoms with E-state index in [1.165, 1.54) is 19.2 Å². The molecule has 9 heteroatoms. The monoisotopic (exact) mass is 577 g/mol. The fraction of sp³-hybridized carbons (Fsp3) is 0.167. The Kier molecular flexibility index (Phi) is 8.09. The Bertz CT molecular complexity index is 1270. The third kappa shape index (κ3) is 6.11. The summed E-state index contributed by atoms with van der Waals surface area (Å²) in [5.74, 6) is -0.249. The zero-order valence-corrected chi connectivity index (χ0v) is 21.4. The molecule has 0 aromatic heterocycles. The zero-order chi connectivity index (χ0) is 24.0. The Morgan fingerprint density at radius 1 is 1.06 bits per heavy atom. The molecule has 0 aliphatic carbocycles. The number of rotatable bonds is 8. The van der Waals surface area contributed by atoms with Crippen LogP contribution in [-0.2, 0) is 14.8 Å². The highest BCUT2D eigenvalue weighted by atomic mass is 127. The minimum absolute atomic E-state index is 0.0744. The van der Waals surface area contributed by atoms with Gasteiger partial charge in [0.15, 0.2) is 0 Å². The Morgan fingerprint density at radius 2 is 1.76 bits per heavy atom. The molecule has 0 spiro atoms. The third-order valence-corrected chi connectivity index (χ3v) is 7.29. The van der Waals surface area contributed by atoms with Crippen LogP contribution >= 0.6 is 22.6 Å². The molecule has 0 saturated heterocycles. The molecule has 0 radical (unpaired) electrons. The first-order valence-electron chi connectivity index (χ1n) is 10.0. The van der Waals surface area contributed by atoms with E-state index >= 15 is 0 Å². The summed E-state index contributed by atoms with van der Waals surface area (Å²) in [4.78, 5) is 12.9. The number of hydrogen-bond donors (Lipinski definition) is 1. The van der Waals surface area contributed by atoms with Gasteiger partial charge in [0.2, 0.25) is 0 Å². The van der Waals surface area contributed by atoms with Crippen molar-refractivity contribution in [1.29, 1.82) is 0 Å². The minimum Gasteiger partial charge on any atom is -0.495 e. The second-order valence-corrected chi connectivity index (χ2v) is 10.3. The van der Waals surface area contributed by atoms with Crippen molar-refractivity contribution >= 4 is 49.9 Å². The topological polar surface area (TPSA) is 88.1 Å². The van der Waals surface area contributed by atoms with E-state index in [9.17, 15) is 13.2 Å². The van der Waals surface area contributed by atoms with Crippen molar-refractivity contribution in [2.75, 3.05) is 18.0 Å². The number of methoxy groups -OCH3 is 1. The normalized spacial score (nSPS) is 11.7. The molecule has 0 fully saturated rings. The van der Waals surface area contributed by atoms with Gasteiger partial charge < -0.3 is 4.74 Å². The van der Waals surface area contributed by atoms with Gasteiger partial charge in [-0.25, -0.2) is 13.8 Å². The van der Waals surface area contributed by atoms with E-state index < -0.39 is 22.5 Å². The Morgan fingerprint density at radius 3 is 2.42 bits per heavy atom. The highest BCUT2D eigenvalue weighted by Crippen LogP contribution is 2.32. The fourth-order valence-corrected chi connectivity index (χ4v) is 5.04. The van der Waals surface area contributed by atoms with Crippen LogP contribution in [0.5, 0.6) is 5.75 Å². The Balaban J connectivity index is 1.92. The summed E-state index contributed by atoms with van der Waals surface area (Å²) >= 11 is 2.20. The summed E-state index contributed by atoms with van der Waals surface area (Å²) < 4.78 is 34.4. The minimum atomic E-state index is -4.05. The van der Waals surface area contributed by atoms with E-state index in [1.54, 1.807) is 43.3 Å². The van der Waals surface area contributed by atoms with Crippen LogP contribution in [0.3, 0.4) is 0 Å². The summed E-state index contributed by atoms with van der Waals surface area (Å²) in [6.45, 7) is 3.17. The first kappa shape index (κ1) is 24.7. The first-order chi connectivity index (χ1) is 15.7. The summed E-state index contributed by atoms with van der Waals surface area (Å²) in [6, 6.07) is 20.8. The van der Waals surface area contributed by atoms with Crippen molar-refractivity contribution in [3.8, 4) is 5.75 Å². The zero-order valence-electron chi connectivity index (χ0n) is 18.4. The second-order valence-electron chi connectivity index (χ2n) is 7.24. The number of halogens is 1. The molecule has 1 amide bonds. The van der Waals surface area contributed by atoms with Gasteiger partial charge in [0.1, 0.15) is 12.3 Å². The molecule has 1 N–H and O–H groups in total. The smallest absolute Gasteiger partial charge is 0.264 e. The number of nitrogens with zero attached hydrogens (tertiary/aromatic N) is 2. The molecule has 3 aromatic rings. The van der Waals surface area contributed by atoms with Gasteiger partial charge in [0.05, 0.1) is 23.4 Å². The van der Waals surface area contributed by atoms with Crippen LogP contribution < -0.4 is 14.5 Å². The van der Waals surface area contributed by atoms with Crippen molar-refractivity contribution in [3.63, 3.8) is 0 Å². The van der Waals surface area contributed by atoms with Crippen LogP contribution in [-0.4, -0.2) is 33.7 Å². The van der Waals surface area contributed by atoms with E-state index in [1.807, 2.05) is 31.2 Å². The molecule has 3 rings (SSSR count). The molecule has 3 aromatic carbocycles. The lowest BCUT2D eigenvalue weighted by molar-refractivity contribution is -0.119. The van der Waals surface area contributed by atoms with Crippen LogP contribution in [0.1, 0.15) is 18.1 Å². The number of carbonyl (C=O) groups excluding carboxylic acids is 1. The van der Waals surface area contributed by atoms with Gasteiger partial charge in [-0.2, -0.15) is 5.10 Å². The largest absolute Gasteiger partial charge is 0.495 e. The van der Waals surface area contributed by atoms with Gasteiger partial charge in [-0.15, -0.1) is 0 Å². The van der Waals surface area contributed by atoms with Gasteiger partial charge in [0, 0.05) is 3.57 Å². The molecule has 33 heavy (non-hydrogen) atoms. The first-order valence-corrected chi connectivity index (χ1v) is 12.6. The molecule has 0 unspecified atom stereocenters. The van der Waals surface area contributed by atoms with Crippen LogP contribution in [0.2, 0.25) is 0 Å². The number of hydrazone groups is 1. The van der Waals surface area contributed by atoms with Crippen molar-refractivity contribution < 1.29 is 17.9 Å². The van der Waals surface area contributed by atoms with Gasteiger partial charge in [-0.3, -0.25) is 9.10 Å². The molecule has 0 heterocycles. The molecular formula is C24H24IN3O4S. The van der Waals surface area contributed by atoms with Crippen LogP contribution in [0.4, 0.5) is 5.69 Å². The number of para-hydroxylation sites is 2. The SMILES string of the molecule is COc1ccccc1N(CC(=O)N/N=C(\C)c1cccc(I)c1)S(=O)(=O)c1ccc(C)cc1. The quantitative estimate of drug-likeness (QED) is 0.245. The van der Waals surface area contributed by atoms with Crippen LogP contribution in [0.25, 0.3) is 0 Å². The number of benzene rings is 3. The number of aryl methyl sites for hydroxylation is 1. The predicted molar refractivity (Wildman–Crippen MR) is 138 cm³/mol. The lowest BCUT2D eigenvalue weighted by atomic mass is 10.1. The lowest BCUT2D eigenvalue weighted by Crippen LogP contribution is -2.40. The second kappa shape index (κ2) is 10.8. The summed E-state index contributed by atoms with van der Waals surface area (Å²) in [5, 5.41) is 4.15. The summed E-state index contributed by atoms with van der Waals surface area (Å²) in [6.07, 6.45) is 0. The summed E-state index contributed by atoms with van der Waals surface area (Å²) in [5.41, 5.74) is 5.12. The van der Waals surface area contributed by atoms with Gasteiger partial charge in [-0.05, 0) is 78.4 Å². The van der Waals surface area contributed by atoms with Crippen LogP contribution in [0, 0.1) is 10.5 Å². The van der Waals surface area contributed by atoms with Crippen molar-refractivity contribution in [2.24, 2.45) is 5.10 Å². The fourth-order valence-electron chi connectivity index (χ4n) is 3.06. The molecule has 172 valence electrons. The third-order valence-electron chi connectivity index (χ3n) is 4.84. The average Bonchev–Trinajstić information content (AvgIpc) is 2.81. The van der Waals surface area contributed by atoms with Crippen LogP contribution in [0.15, 0.2) is 82.8 Å². The van der Waals surface area contributed by atoms with E-state index in [2.05, 4.69) is 33.1 Å². The lowest BCUT2D eigenvalue weighted by Gasteiger charge is -2.25. The standard InChI is InChI=1S/C24H24IN3O4S/c1-17-11-13-21(14-12-17)33(30,31)28(22-9-4-5-10-23(22)32-3)16-24(29)27-26-18(2)19-7-6-8-20(25)15-19/h4-15H,16H2,1-3H3,(H,27,29)/b26-18+. The molecule has 7 nitrogen and oxygen atoms in total. The molecule has 0 saturated carbocycles. The average molecular weight is 577 g/mol. The van der Waals surface area contributed by atoms with E-state index in [0.717, 1.165) is 19.0 Å². The Labute approximate surface area is 207 Å². The van der Waals surface area contributed by atoms with Crippen molar-refractivity contribution in [1.82, 2.24) is 5.43 Å². The maximum absolute atomic E-state index is 13.5.